The van der Waals surface area contributed by atoms with E-state index in [4.69, 9.17) is 13.5 Å². The molecule has 0 aliphatic carbocycles. The predicted molar refractivity (Wildman–Crippen MR) is 177 cm³/mol. The molecule has 1 radical (unpaired) electrons. The van der Waals surface area contributed by atoms with Crippen molar-refractivity contribution in [3.63, 3.8) is 0 Å². The summed E-state index contributed by atoms with van der Waals surface area (Å²) in [5, 5.41) is 12.4. The quantitative estimate of drug-likeness (QED) is 0.167. The van der Waals surface area contributed by atoms with Gasteiger partial charge in [-0.05, 0) is 35.6 Å². The monoisotopic (exact) mass is 776 g/mol. The second-order valence-corrected chi connectivity index (χ2v) is 10.3. The molecule has 7 nitrogen and oxygen atoms in total. The third-order valence-electron chi connectivity index (χ3n) is 7.53. The van der Waals surface area contributed by atoms with Crippen molar-refractivity contribution in [2.45, 2.75) is 6.85 Å². The van der Waals surface area contributed by atoms with Gasteiger partial charge in [-0.15, -0.1) is 64.3 Å². The minimum atomic E-state index is -2.09. The molecule has 9 rings (SSSR count). The van der Waals surface area contributed by atoms with Crippen molar-refractivity contribution in [2.75, 3.05) is 0 Å². The number of fused-ring (bicyclic) bond motifs is 6. The molecular formula is C38H24IrN6O-2. The van der Waals surface area contributed by atoms with Crippen molar-refractivity contribution >= 4 is 44.0 Å². The number of para-hydroxylation sites is 1. The van der Waals surface area contributed by atoms with Crippen LogP contribution in [-0.4, -0.2) is 29.7 Å². The molecule has 0 spiro atoms. The Morgan fingerprint density at radius 2 is 1.59 bits per heavy atom. The molecule has 0 atom stereocenters. The van der Waals surface area contributed by atoms with Crippen molar-refractivity contribution in [2.24, 2.45) is 0 Å². The zero-order chi connectivity index (χ0) is 32.7. The largest absolute Gasteiger partial charge is 0.500 e. The molecule has 0 saturated heterocycles. The fourth-order valence-electron chi connectivity index (χ4n) is 5.47. The number of hydrogen-bond acceptors (Lipinski definition) is 6. The van der Waals surface area contributed by atoms with Crippen LogP contribution in [0.2, 0.25) is 0 Å². The van der Waals surface area contributed by atoms with Crippen molar-refractivity contribution in [1.29, 1.82) is 0 Å². The van der Waals surface area contributed by atoms with E-state index in [1.165, 1.54) is 12.5 Å². The van der Waals surface area contributed by atoms with E-state index in [2.05, 4.69) is 56.6 Å². The van der Waals surface area contributed by atoms with Crippen molar-refractivity contribution in [1.82, 2.24) is 29.7 Å². The molecule has 0 aliphatic rings. The number of aromatic nitrogens is 6. The van der Waals surface area contributed by atoms with E-state index in [-0.39, 0.29) is 25.7 Å². The van der Waals surface area contributed by atoms with Gasteiger partial charge in [0.15, 0.2) is 5.65 Å². The first-order valence-electron chi connectivity index (χ1n) is 15.8. The molecule has 0 amide bonds. The van der Waals surface area contributed by atoms with E-state index < -0.39 is 6.85 Å². The van der Waals surface area contributed by atoms with E-state index in [0.29, 0.717) is 17.1 Å². The molecule has 0 bridgehead atoms. The molecule has 0 N–H and O–H groups in total. The average Bonchev–Trinajstić information content (AvgIpc) is 3.72. The van der Waals surface area contributed by atoms with Gasteiger partial charge in [-0.2, -0.15) is 0 Å². The second-order valence-electron chi connectivity index (χ2n) is 10.3. The standard InChI is InChI=1S/C26H14N5O.C12H10N.Ir/c1-2-8-17(9-3-1)31-25(29-24-26(31)27-15-28-30-24)21-12-6-11-19-20-14-13-16-7-4-5-10-18(16)22(20)32-23(19)21;1-10-7-8-12(13-9-10)11-5-3-2-4-6-11;/h1-11,13-15H;2-5,7-9H,1H3;/q2*-1;/i;1D3;. The van der Waals surface area contributed by atoms with Crippen LogP contribution in [0.25, 0.3) is 72.3 Å². The van der Waals surface area contributed by atoms with Crippen molar-refractivity contribution < 1.29 is 28.6 Å². The fraction of sp³-hybridized carbons (Fsp3) is 0.0263. The van der Waals surface area contributed by atoms with Gasteiger partial charge in [0.1, 0.15) is 11.9 Å². The van der Waals surface area contributed by atoms with E-state index in [0.717, 1.165) is 55.2 Å². The van der Waals surface area contributed by atoms with Gasteiger partial charge in [-0.3, -0.25) is 4.98 Å². The zero-order valence-electron chi connectivity index (χ0n) is 27.0. The molecule has 46 heavy (non-hydrogen) atoms. The molecule has 4 aromatic heterocycles. The van der Waals surface area contributed by atoms with Crippen LogP contribution in [0.3, 0.4) is 0 Å². The number of imidazole rings is 1. The number of hydrogen-bond donors (Lipinski definition) is 0. The number of nitrogens with zero attached hydrogens (tertiary/aromatic N) is 6. The SMILES string of the molecule is [2H]C([2H])([2H])c1ccc(-c2[c-]cccc2)nc1.[Ir].[c-]1ccc2c(oc3c4ccccc4ccc23)c1-c1nc2nncnc2n1-c1ccccc1. The van der Waals surface area contributed by atoms with Crippen LogP contribution < -0.4 is 0 Å². The Bertz CT molecular complexity index is 2550. The molecule has 9 aromatic rings. The zero-order valence-corrected chi connectivity index (χ0v) is 26.4. The average molecular weight is 776 g/mol. The summed E-state index contributed by atoms with van der Waals surface area (Å²) in [4.78, 5) is 13.4. The van der Waals surface area contributed by atoms with Crippen molar-refractivity contribution in [3.05, 3.63) is 145 Å². The number of pyridine rings is 1. The van der Waals surface area contributed by atoms with Gasteiger partial charge in [0.2, 0.25) is 5.65 Å². The van der Waals surface area contributed by atoms with E-state index in [1.54, 1.807) is 18.2 Å². The van der Waals surface area contributed by atoms with Crippen LogP contribution in [0.15, 0.2) is 132 Å². The van der Waals surface area contributed by atoms with E-state index in [1.807, 2.05) is 77.4 Å². The number of aryl methyl sites for hydroxylation is 1. The molecular weight excluding hydrogens is 749 g/mol. The maximum atomic E-state index is 7.23. The summed E-state index contributed by atoms with van der Waals surface area (Å²) in [5.41, 5.74) is 6.23. The van der Waals surface area contributed by atoms with Crippen LogP contribution in [0, 0.1) is 19.0 Å². The first-order valence-corrected chi connectivity index (χ1v) is 14.3. The minimum Gasteiger partial charge on any atom is -0.500 e. The smallest absolute Gasteiger partial charge is 0.210 e. The van der Waals surface area contributed by atoms with Crippen LogP contribution in [0.5, 0.6) is 0 Å². The molecule has 4 heterocycles. The first-order chi connectivity index (χ1) is 23.5. The second kappa shape index (κ2) is 12.4. The summed E-state index contributed by atoms with van der Waals surface area (Å²) >= 11 is 0. The summed E-state index contributed by atoms with van der Waals surface area (Å²) in [6, 6.07) is 43.5. The summed E-state index contributed by atoms with van der Waals surface area (Å²) in [5.74, 6) is 0.660. The third kappa shape index (κ3) is 5.24. The molecule has 8 heteroatoms. The Hall–Kier alpha value is -5.56. The Kier molecular flexibility index (Phi) is 6.96. The van der Waals surface area contributed by atoms with Crippen LogP contribution in [-0.2, 0) is 20.1 Å². The summed E-state index contributed by atoms with van der Waals surface area (Å²) in [6.45, 7) is -2.09. The van der Waals surface area contributed by atoms with Gasteiger partial charge in [-0.1, -0.05) is 77.7 Å². The van der Waals surface area contributed by atoms with Gasteiger partial charge in [0, 0.05) is 46.9 Å². The normalized spacial score (nSPS) is 12.2. The maximum absolute atomic E-state index is 7.23. The number of benzene rings is 5. The van der Waals surface area contributed by atoms with Gasteiger partial charge < -0.3 is 14.0 Å². The Balaban J connectivity index is 0.000000189. The molecule has 223 valence electrons. The van der Waals surface area contributed by atoms with Gasteiger partial charge >= 0.3 is 0 Å². The first kappa shape index (κ1) is 25.7. The topological polar surface area (TPSA) is 82.5 Å². The molecule has 0 fully saturated rings. The molecule has 0 unspecified atom stereocenters. The van der Waals surface area contributed by atoms with Gasteiger partial charge in [0.25, 0.3) is 0 Å². The number of furan rings is 1. The predicted octanol–water partition coefficient (Wildman–Crippen LogP) is 8.59. The maximum Gasteiger partial charge on any atom is 0.210 e. The third-order valence-corrected chi connectivity index (χ3v) is 7.53. The Labute approximate surface area is 282 Å². The summed E-state index contributed by atoms with van der Waals surface area (Å²) < 4.78 is 30.2. The summed E-state index contributed by atoms with van der Waals surface area (Å²) in [7, 11) is 0. The Morgan fingerprint density at radius 1 is 0.739 bits per heavy atom. The minimum absolute atomic E-state index is 0. The number of rotatable bonds is 3. The van der Waals surface area contributed by atoms with Gasteiger partial charge in [-0.25, -0.2) is 4.98 Å². The van der Waals surface area contributed by atoms with E-state index in [9.17, 15) is 0 Å². The molecule has 0 saturated carbocycles. The van der Waals surface area contributed by atoms with Crippen molar-refractivity contribution in [3.8, 4) is 28.3 Å². The molecule has 0 aliphatic heterocycles. The molecule has 5 aromatic carbocycles. The van der Waals surface area contributed by atoms with Crippen LogP contribution in [0.4, 0.5) is 0 Å². The summed E-state index contributed by atoms with van der Waals surface area (Å²) in [6.07, 6.45) is 2.83. The Morgan fingerprint density at radius 3 is 2.41 bits per heavy atom. The van der Waals surface area contributed by atoms with Gasteiger partial charge in [0.05, 0.1) is 11.4 Å². The van der Waals surface area contributed by atoms with E-state index >= 15 is 0 Å². The van der Waals surface area contributed by atoms with Crippen LogP contribution in [0.1, 0.15) is 9.68 Å². The fourth-order valence-corrected chi connectivity index (χ4v) is 5.47. The van der Waals surface area contributed by atoms with Crippen LogP contribution >= 0.6 is 0 Å².